The molecule has 1 heteroatoms. The summed E-state index contributed by atoms with van der Waals surface area (Å²) in [5, 5.41) is 0. The second kappa shape index (κ2) is 5.54. The van der Waals surface area contributed by atoms with Gasteiger partial charge in [0.15, 0.2) is 0 Å². The first kappa shape index (κ1) is 17.0. The molecule has 3 aromatic carbocycles. The van der Waals surface area contributed by atoms with Crippen molar-refractivity contribution >= 4 is 0 Å². The maximum Gasteiger partial charge on any atom is 0.127 e. The van der Waals surface area contributed by atoms with E-state index >= 15 is 0 Å². The van der Waals surface area contributed by atoms with E-state index in [0.29, 0.717) is 0 Å². The van der Waals surface area contributed by atoms with Crippen LogP contribution in [-0.4, -0.2) is 0 Å². The van der Waals surface area contributed by atoms with Gasteiger partial charge in [-0.1, -0.05) is 89.2 Å². The molecule has 3 aromatic rings. The Morgan fingerprint density at radius 3 is 2.12 bits per heavy atom. The summed E-state index contributed by atoms with van der Waals surface area (Å²) in [6.45, 7) is 10.7. The first-order valence-corrected chi connectivity index (χ1v) is 9.25. The lowest BCUT2D eigenvalue weighted by Gasteiger charge is -2.22. The number of hydrogen-bond donors (Lipinski definition) is 0. The van der Waals surface area contributed by atoms with Crippen LogP contribution in [0.25, 0.3) is 22.3 Å². The Hall–Kier alpha value is -2.41. The van der Waals surface area contributed by atoms with Crippen LogP contribution < -0.4 is 0 Å². The molecule has 0 aromatic heterocycles. The maximum absolute atomic E-state index is 14.8. The zero-order valence-electron chi connectivity index (χ0n) is 16.2. The van der Waals surface area contributed by atoms with Crippen LogP contribution in [0.3, 0.4) is 0 Å². The molecule has 0 nitrogen and oxygen atoms in total. The molecule has 4 rings (SSSR count). The molecule has 0 saturated heterocycles. The Balaban J connectivity index is 1.96. The third-order valence-electron chi connectivity index (χ3n) is 5.70. The van der Waals surface area contributed by atoms with Gasteiger partial charge >= 0.3 is 0 Å². The largest absolute Gasteiger partial charge is 0.207 e. The fourth-order valence-corrected chi connectivity index (χ4v) is 4.29. The summed E-state index contributed by atoms with van der Waals surface area (Å²) in [4.78, 5) is 0. The summed E-state index contributed by atoms with van der Waals surface area (Å²) < 4.78 is 14.8. The summed E-state index contributed by atoms with van der Waals surface area (Å²) in [5.74, 6) is -0.127. The van der Waals surface area contributed by atoms with Crippen molar-refractivity contribution < 1.29 is 4.39 Å². The van der Waals surface area contributed by atoms with Gasteiger partial charge in [-0.25, -0.2) is 4.39 Å². The van der Waals surface area contributed by atoms with Gasteiger partial charge in [0.25, 0.3) is 0 Å². The van der Waals surface area contributed by atoms with Crippen molar-refractivity contribution in [1.82, 2.24) is 0 Å². The Kier molecular flexibility index (Phi) is 3.63. The second-order valence-corrected chi connectivity index (χ2v) is 8.84. The topological polar surface area (TPSA) is 0 Å². The lowest BCUT2D eigenvalue weighted by molar-refractivity contribution is 0.523. The van der Waals surface area contributed by atoms with Crippen LogP contribution >= 0.6 is 0 Å². The van der Waals surface area contributed by atoms with E-state index in [4.69, 9.17) is 0 Å². The van der Waals surface area contributed by atoms with E-state index in [1.165, 1.54) is 22.3 Å². The van der Waals surface area contributed by atoms with Crippen molar-refractivity contribution in [2.75, 3.05) is 0 Å². The van der Waals surface area contributed by atoms with Gasteiger partial charge in [-0.3, -0.25) is 0 Å². The molecule has 0 saturated carbocycles. The van der Waals surface area contributed by atoms with Crippen LogP contribution in [0.2, 0.25) is 0 Å². The predicted molar refractivity (Wildman–Crippen MR) is 108 cm³/mol. The maximum atomic E-state index is 14.8. The van der Waals surface area contributed by atoms with Crippen LogP contribution in [0.5, 0.6) is 0 Å². The van der Waals surface area contributed by atoms with Crippen molar-refractivity contribution in [2.45, 2.75) is 45.4 Å². The predicted octanol–water partition coefficient (Wildman–Crippen LogP) is 7.10. The molecule has 26 heavy (non-hydrogen) atoms. The Labute approximate surface area is 155 Å². The minimum atomic E-state index is -0.199. The second-order valence-electron chi connectivity index (χ2n) is 8.84. The van der Waals surface area contributed by atoms with E-state index < -0.39 is 0 Å². The van der Waals surface area contributed by atoms with E-state index in [2.05, 4.69) is 62.4 Å². The van der Waals surface area contributed by atoms with Gasteiger partial charge < -0.3 is 0 Å². The molecule has 0 bridgehead atoms. The minimum Gasteiger partial charge on any atom is -0.207 e. The molecular weight excluding hydrogens is 319 g/mol. The van der Waals surface area contributed by atoms with Crippen LogP contribution in [-0.2, 0) is 10.8 Å². The molecule has 0 radical (unpaired) electrons. The molecule has 0 aliphatic heterocycles. The first-order chi connectivity index (χ1) is 12.2. The standard InChI is InChI=1S/C25H25F/c1-24(2,3)20-14-13-16(15-22(20)26)17-10-8-12-21-23(17)18-9-6-7-11-19(18)25(21,4)5/h6-15H,1-5H3. The van der Waals surface area contributed by atoms with Gasteiger partial charge in [0.2, 0.25) is 0 Å². The minimum absolute atomic E-state index is 0.0359. The number of halogens is 1. The molecular formula is C25H25F. The van der Waals surface area contributed by atoms with Gasteiger partial charge in [0.05, 0.1) is 0 Å². The molecule has 0 unspecified atom stereocenters. The Morgan fingerprint density at radius 2 is 1.42 bits per heavy atom. The van der Waals surface area contributed by atoms with Crippen molar-refractivity contribution in [2.24, 2.45) is 0 Å². The number of fused-ring (bicyclic) bond motifs is 3. The van der Waals surface area contributed by atoms with Crippen LogP contribution in [0.15, 0.2) is 60.7 Å². The van der Waals surface area contributed by atoms with Crippen LogP contribution in [0.1, 0.15) is 51.3 Å². The molecule has 0 N–H and O–H groups in total. The van der Waals surface area contributed by atoms with Crippen molar-refractivity contribution in [3.05, 3.63) is 83.2 Å². The smallest absolute Gasteiger partial charge is 0.127 e. The van der Waals surface area contributed by atoms with Gasteiger partial charge in [-0.2, -0.15) is 0 Å². The quantitative estimate of drug-likeness (QED) is 0.442. The van der Waals surface area contributed by atoms with E-state index in [0.717, 1.165) is 16.7 Å². The molecule has 0 fully saturated rings. The van der Waals surface area contributed by atoms with Crippen molar-refractivity contribution in [1.29, 1.82) is 0 Å². The molecule has 1 aliphatic carbocycles. The summed E-state index contributed by atoms with van der Waals surface area (Å²) in [5.41, 5.74) is 7.75. The molecule has 1 aliphatic rings. The normalized spacial score (nSPS) is 14.8. The highest BCUT2D eigenvalue weighted by Gasteiger charge is 2.36. The third kappa shape index (κ3) is 2.41. The number of hydrogen-bond acceptors (Lipinski definition) is 0. The summed E-state index contributed by atoms with van der Waals surface area (Å²) in [7, 11) is 0. The lowest BCUT2D eigenvalue weighted by Crippen LogP contribution is -2.14. The molecule has 0 atom stereocenters. The molecule has 0 spiro atoms. The van der Waals surface area contributed by atoms with E-state index in [1.807, 2.05) is 26.8 Å². The average molecular weight is 344 g/mol. The highest BCUT2D eigenvalue weighted by molar-refractivity contribution is 5.92. The molecule has 0 amide bonds. The highest BCUT2D eigenvalue weighted by Crippen LogP contribution is 2.51. The lowest BCUT2D eigenvalue weighted by atomic mass is 9.81. The molecule has 132 valence electrons. The van der Waals surface area contributed by atoms with Gasteiger partial charge in [-0.15, -0.1) is 0 Å². The van der Waals surface area contributed by atoms with Gasteiger partial charge in [0.1, 0.15) is 5.82 Å². The fraction of sp³-hybridized carbons (Fsp3) is 0.280. The van der Waals surface area contributed by atoms with Crippen LogP contribution in [0.4, 0.5) is 4.39 Å². The number of rotatable bonds is 1. The van der Waals surface area contributed by atoms with E-state index in [1.54, 1.807) is 6.07 Å². The zero-order valence-corrected chi connectivity index (χ0v) is 16.2. The summed E-state index contributed by atoms with van der Waals surface area (Å²) in [6.07, 6.45) is 0. The summed E-state index contributed by atoms with van der Waals surface area (Å²) in [6, 6.07) is 20.7. The van der Waals surface area contributed by atoms with E-state index in [-0.39, 0.29) is 16.6 Å². The summed E-state index contributed by atoms with van der Waals surface area (Å²) >= 11 is 0. The van der Waals surface area contributed by atoms with E-state index in [9.17, 15) is 4.39 Å². The monoisotopic (exact) mass is 344 g/mol. The Bertz CT molecular complexity index is 1000. The fourth-order valence-electron chi connectivity index (χ4n) is 4.29. The first-order valence-electron chi connectivity index (χ1n) is 9.25. The zero-order chi connectivity index (χ0) is 18.7. The average Bonchev–Trinajstić information content (AvgIpc) is 2.82. The SMILES string of the molecule is CC(C)(C)c1ccc(-c2cccc3c2-c2ccccc2C3(C)C)cc1F. The Morgan fingerprint density at radius 1 is 0.769 bits per heavy atom. The molecule has 0 heterocycles. The van der Waals surface area contributed by atoms with Crippen molar-refractivity contribution in [3.63, 3.8) is 0 Å². The van der Waals surface area contributed by atoms with Crippen LogP contribution in [0, 0.1) is 5.82 Å². The van der Waals surface area contributed by atoms with Gasteiger partial charge in [-0.05, 0) is 50.4 Å². The van der Waals surface area contributed by atoms with Gasteiger partial charge in [0, 0.05) is 5.41 Å². The highest BCUT2D eigenvalue weighted by atomic mass is 19.1. The third-order valence-corrected chi connectivity index (χ3v) is 5.70. The number of benzene rings is 3. The van der Waals surface area contributed by atoms with Crippen molar-refractivity contribution in [3.8, 4) is 22.3 Å².